The number of aliphatic hydroxyl groups is 1. The molecule has 2 rings (SSSR count). The first-order valence-electron chi connectivity index (χ1n) is 7.08. The third-order valence-electron chi connectivity index (χ3n) is 3.95. The van der Waals surface area contributed by atoms with Gasteiger partial charge in [-0.25, -0.2) is 12.7 Å². The molecule has 1 aromatic rings. The number of piperidine rings is 1. The average molecular weight is 313 g/mol. The summed E-state index contributed by atoms with van der Waals surface area (Å²) in [6.45, 7) is 0.824. The molecule has 7 heteroatoms. The van der Waals surface area contributed by atoms with Crippen molar-refractivity contribution in [2.24, 2.45) is 0 Å². The first-order chi connectivity index (χ1) is 9.89. The summed E-state index contributed by atoms with van der Waals surface area (Å²) in [6.07, 6.45) is 2.97. The Kier molecular flexibility index (Phi) is 4.75. The van der Waals surface area contributed by atoms with Crippen LogP contribution in [0.5, 0.6) is 0 Å². The lowest BCUT2D eigenvalue weighted by molar-refractivity contribution is 0.240. The van der Waals surface area contributed by atoms with Crippen molar-refractivity contribution in [2.75, 3.05) is 37.9 Å². The monoisotopic (exact) mass is 313 g/mol. The van der Waals surface area contributed by atoms with E-state index in [4.69, 9.17) is 5.73 Å². The van der Waals surface area contributed by atoms with Gasteiger partial charge in [0.25, 0.3) is 0 Å². The summed E-state index contributed by atoms with van der Waals surface area (Å²) in [6, 6.07) is 5.04. The zero-order valence-corrected chi connectivity index (χ0v) is 13.3. The Balaban J connectivity index is 2.47. The van der Waals surface area contributed by atoms with Crippen LogP contribution in [0.3, 0.4) is 0 Å². The van der Waals surface area contributed by atoms with Gasteiger partial charge in [-0.1, -0.05) is 6.07 Å². The van der Waals surface area contributed by atoms with Crippen molar-refractivity contribution in [3.8, 4) is 0 Å². The first-order valence-corrected chi connectivity index (χ1v) is 8.52. The van der Waals surface area contributed by atoms with Crippen molar-refractivity contribution in [1.29, 1.82) is 0 Å². The van der Waals surface area contributed by atoms with Crippen LogP contribution < -0.4 is 10.6 Å². The lowest BCUT2D eigenvalue weighted by atomic mass is 10.0. The van der Waals surface area contributed by atoms with Crippen LogP contribution in [0.1, 0.15) is 19.3 Å². The number of para-hydroxylation sites is 1. The fraction of sp³-hybridized carbons (Fsp3) is 0.571. The molecule has 6 nitrogen and oxygen atoms in total. The Bertz CT molecular complexity index is 601. The van der Waals surface area contributed by atoms with Crippen molar-refractivity contribution in [2.45, 2.75) is 30.2 Å². The highest BCUT2D eigenvalue weighted by molar-refractivity contribution is 7.89. The molecule has 118 valence electrons. The Hall–Kier alpha value is -1.31. The molecule has 0 radical (unpaired) electrons. The van der Waals surface area contributed by atoms with Gasteiger partial charge in [0.2, 0.25) is 10.0 Å². The number of anilines is 2. The molecule has 1 atom stereocenters. The predicted octanol–water partition coefficient (Wildman–Crippen LogP) is 0.870. The van der Waals surface area contributed by atoms with Crippen LogP contribution in [0.2, 0.25) is 0 Å². The van der Waals surface area contributed by atoms with E-state index < -0.39 is 10.0 Å². The summed E-state index contributed by atoms with van der Waals surface area (Å²) in [4.78, 5) is 2.14. The van der Waals surface area contributed by atoms with Gasteiger partial charge >= 0.3 is 0 Å². The van der Waals surface area contributed by atoms with Gasteiger partial charge in [-0.2, -0.15) is 0 Å². The standard InChI is InChI=1S/C14H23N3O3S/c1-16(2)21(19,20)13-8-5-7-12(14(13)15)17-9-4-3-6-11(17)10-18/h5,7-8,11,18H,3-4,6,9-10,15H2,1-2H3. The van der Waals surface area contributed by atoms with E-state index in [0.717, 1.165) is 30.1 Å². The second-order valence-corrected chi connectivity index (χ2v) is 7.62. The van der Waals surface area contributed by atoms with Gasteiger partial charge < -0.3 is 15.7 Å². The molecule has 0 aromatic heterocycles. The summed E-state index contributed by atoms with van der Waals surface area (Å²) in [5.41, 5.74) is 7.07. The third kappa shape index (κ3) is 3.00. The fourth-order valence-electron chi connectivity index (χ4n) is 2.71. The van der Waals surface area contributed by atoms with Gasteiger partial charge in [0, 0.05) is 20.6 Å². The number of hydrogen-bond donors (Lipinski definition) is 2. The Labute approximate surface area is 126 Å². The largest absolute Gasteiger partial charge is 0.396 e. The van der Waals surface area contributed by atoms with Gasteiger partial charge in [-0.3, -0.25) is 0 Å². The molecule has 1 aromatic carbocycles. The molecule has 0 spiro atoms. The van der Waals surface area contributed by atoms with Gasteiger partial charge in [0.15, 0.2) is 0 Å². The zero-order chi connectivity index (χ0) is 15.6. The van der Waals surface area contributed by atoms with E-state index in [0.29, 0.717) is 5.69 Å². The van der Waals surface area contributed by atoms with E-state index in [1.54, 1.807) is 6.07 Å². The molecule has 0 bridgehead atoms. The molecular weight excluding hydrogens is 290 g/mol. The molecule has 0 amide bonds. The highest BCUT2D eigenvalue weighted by atomic mass is 32.2. The van der Waals surface area contributed by atoms with Gasteiger partial charge in [0.05, 0.1) is 24.0 Å². The first kappa shape index (κ1) is 16.1. The number of nitrogens with zero attached hydrogens (tertiary/aromatic N) is 2. The molecule has 1 saturated heterocycles. The van der Waals surface area contributed by atoms with Crippen LogP contribution in [0.25, 0.3) is 0 Å². The molecule has 1 unspecified atom stereocenters. The van der Waals surface area contributed by atoms with E-state index in [-0.39, 0.29) is 23.2 Å². The lowest BCUT2D eigenvalue weighted by Gasteiger charge is -2.37. The van der Waals surface area contributed by atoms with Crippen molar-refractivity contribution >= 4 is 21.4 Å². The molecular formula is C14H23N3O3S. The average Bonchev–Trinajstić information content (AvgIpc) is 2.47. The smallest absolute Gasteiger partial charge is 0.244 e. The number of nitrogens with two attached hydrogens (primary N) is 1. The van der Waals surface area contributed by atoms with E-state index >= 15 is 0 Å². The molecule has 1 heterocycles. The molecule has 0 aliphatic carbocycles. The van der Waals surface area contributed by atoms with Crippen LogP contribution in [0.4, 0.5) is 11.4 Å². The second kappa shape index (κ2) is 6.21. The van der Waals surface area contributed by atoms with Crippen LogP contribution in [-0.2, 0) is 10.0 Å². The maximum atomic E-state index is 12.3. The minimum Gasteiger partial charge on any atom is -0.396 e. The van der Waals surface area contributed by atoms with Crippen LogP contribution in [0.15, 0.2) is 23.1 Å². The minimum atomic E-state index is -3.57. The van der Waals surface area contributed by atoms with Crippen molar-refractivity contribution < 1.29 is 13.5 Å². The van der Waals surface area contributed by atoms with E-state index in [1.165, 1.54) is 20.2 Å². The highest BCUT2D eigenvalue weighted by Crippen LogP contribution is 2.34. The normalized spacial score (nSPS) is 20.0. The van der Waals surface area contributed by atoms with Gasteiger partial charge in [-0.15, -0.1) is 0 Å². The summed E-state index contributed by atoms with van der Waals surface area (Å²) >= 11 is 0. The molecule has 1 aliphatic heterocycles. The number of benzene rings is 1. The maximum absolute atomic E-state index is 12.3. The van der Waals surface area contributed by atoms with Crippen LogP contribution in [-0.4, -0.2) is 51.1 Å². The number of sulfonamides is 1. The van der Waals surface area contributed by atoms with Crippen molar-refractivity contribution in [3.05, 3.63) is 18.2 Å². The van der Waals surface area contributed by atoms with Crippen LogP contribution >= 0.6 is 0 Å². The van der Waals surface area contributed by atoms with Gasteiger partial charge in [0.1, 0.15) is 4.90 Å². The lowest BCUT2D eigenvalue weighted by Crippen LogP contribution is -2.42. The number of nitrogen functional groups attached to an aromatic ring is 1. The van der Waals surface area contributed by atoms with E-state index in [9.17, 15) is 13.5 Å². The molecule has 1 fully saturated rings. The Morgan fingerprint density at radius 2 is 2.10 bits per heavy atom. The number of hydrogen-bond acceptors (Lipinski definition) is 5. The fourth-order valence-corrected chi connectivity index (χ4v) is 3.74. The number of aliphatic hydroxyl groups excluding tert-OH is 1. The Morgan fingerprint density at radius 3 is 2.71 bits per heavy atom. The quantitative estimate of drug-likeness (QED) is 0.806. The van der Waals surface area contributed by atoms with Crippen molar-refractivity contribution in [1.82, 2.24) is 4.31 Å². The van der Waals surface area contributed by atoms with Crippen molar-refractivity contribution in [3.63, 3.8) is 0 Å². The molecule has 21 heavy (non-hydrogen) atoms. The molecule has 3 N–H and O–H groups in total. The summed E-state index contributed by atoms with van der Waals surface area (Å²) < 4.78 is 25.8. The topological polar surface area (TPSA) is 86.9 Å². The Morgan fingerprint density at radius 1 is 1.38 bits per heavy atom. The molecule has 1 aliphatic rings. The maximum Gasteiger partial charge on any atom is 0.244 e. The van der Waals surface area contributed by atoms with Gasteiger partial charge in [-0.05, 0) is 31.4 Å². The van der Waals surface area contributed by atoms with E-state index in [2.05, 4.69) is 0 Å². The minimum absolute atomic E-state index is 0.00152. The second-order valence-electron chi connectivity index (χ2n) is 5.50. The zero-order valence-electron chi connectivity index (χ0n) is 12.5. The summed E-state index contributed by atoms with van der Waals surface area (Å²) in [7, 11) is -0.604. The highest BCUT2D eigenvalue weighted by Gasteiger charge is 2.27. The van der Waals surface area contributed by atoms with E-state index in [1.807, 2.05) is 11.0 Å². The predicted molar refractivity (Wildman–Crippen MR) is 83.8 cm³/mol. The molecule has 0 saturated carbocycles. The third-order valence-corrected chi connectivity index (χ3v) is 5.82. The number of rotatable bonds is 4. The SMILES string of the molecule is CN(C)S(=O)(=O)c1cccc(N2CCCCC2CO)c1N. The summed E-state index contributed by atoms with van der Waals surface area (Å²) in [5.74, 6) is 0. The summed E-state index contributed by atoms with van der Waals surface area (Å²) in [5, 5.41) is 9.52. The van der Waals surface area contributed by atoms with Crippen LogP contribution in [0, 0.1) is 0 Å².